The summed E-state index contributed by atoms with van der Waals surface area (Å²) in [5.41, 5.74) is 7.76. The van der Waals surface area contributed by atoms with E-state index in [-0.39, 0.29) is 5.82 Å². The zero-order valence-corrected chi connectivity index (χ0v) is 27.0. The Morgan fingerprint density at radius 2 is 1.07 bits per heavy atom. The number of rotatable bonds is 8. The van der Waals surface area contributed by atoms with Gasteiger partial charge in [-0.15, -0.1) is 0 Å². The molecule has 0 aromatic heterocycles. The van der Waals surface area contributed by atoms with Crippen molar-refractivity contribution in [1.29, 1.82) is 10.5 Å². The number of nitrogens with two attached hydrogens (primary N) is 1. The molecular formula is C35H48FN3O5. The molecule has 0 radical (unpaired) electrons. The number of aliphatic hydroxyl groups excluding tert-OH is 1. The van der Waals surface area contributed by atoms with Crippen molar-refractivity contribution in [2.45, 2.75) is 55.0 Å². The van der Waals surface area contributed by atoms with Crippen molar-refractivity contribution in [2.75, 3.05) is 19.8 Å². The lowest BCUT2D eigenvalue weighted by Crippen LogP contribution is -2.04. The van der Waals surface area contributed by atoms with Crippen LogP contribution in [-0.4, -0.2) is 36.0 Å². The molecule has 0 aliphatic heterocycles. The summed E-state index contributed by atoms with van der Waals surface area (Å²) in [6.45, 7) is 15.9. The van der Waals surface area contributed by atoms with E-state index in [4.69, 9.17) is 40.7 Å². The van der Waals surface area contributed by atoms with Crippen LogP contribution in [0.25, 0.3) is 0 Å². The second kappa shape index (κ2) is 26.2. The average Bonchev–Trinajstić information content (AvgIpc) is 3.00. The summed E-state index contributed by atoms with van der Waals surface area (Å²) >= 11 is 0. The molecule has 240 valence electrons. The number of benzene rings is 3. The third kappa shape index (κ3) is 26.5. The SMILES string of the molecule is CC(=O)O.CC(C)CO.CC(C)COc1ccc(C#N)cc1.CC(C)COc1ccc(CN)cc1.N#Cc1ccc(F)cc1. The van der Waals surface area contributed by atoms with Gasteiger partial charge in [-0.05, 0) is 84.0 Å². The molecule has 9 heteroatoms. The lowest BCUT2D eigenvalue weighted by molar-refractivity contribution is -0.134. The summed E-state index contributed by atoms with van der Waals surface area (Å²) in [7, 11) is 0. The van der Waals surface area contributed by atoms with Crippen LogP contribution in [0.4, 0.5) is 4.39 Å². The van der Waals surface area contributed by atoms with Crippen LogP contribution < -0.4 is 15.2 Å². The molecule has 0 spiro atoms. The zero-order valence-electron chi connectivity index (χ0n) is 27.0. The first-order chi connectivity index (χ1) is 20.8. The van der Waals surface area contributed by atoms with Gasteiger partial charge >= 0.3 is 0 Å². The molecule has 0 heterocycles. The van der Waals surface area contributed by atoms with Crippen molar-refractivity contribution in [3.05, 3.63) is 95.3 Å². The lowest BCUT2D eigenvalue weighted by atomic mass is 10.2. The highest BCUT2D eigenvalue weighted by Crippen LogP contribution is 2.13. The summed E-state index contributed by atoms with van der Waals surface area (Å²) < 4.78 is 23.1. The maximum Gasteiger partial charge on any atom is 0.300 e. The Hall–Kier alpha value is -4.44. The van der Waals surface area contributed by atoms with Gasteiger partial charge in [-0.25, -0.2) is 4.39 Å². The molecule has 0 fully saturated rings. The van der Waals surface area contributed by atoms with Gasteiger partial charge in [0, 0.05) is 20.1 Å². The van der Waals surface area contributed by atoms with Crippen LogP contribution in [0.2, 0.25) is 0 Å². The molecule has 3 aromatic carbocycles. The number of halogens is 1. The minimum atomic E-state index is -0.833. The Balaban J connectivity index is 0. The molecule has 0 unspecified atom stereocenters. The smallest absolute Gasteiger partial charge is 0.300 e. The van der Waals surface area contributed by atoms with Crippen LogP contribution in [0, 0.1) is 46.2 Å². The second-order valence-corrected chi connectivity index (χ2v) is 10.6. The van der Waals surface area contributed by atoms with E-state index in [9.17, 15) is 4.39 Å². The van der Waals surface area contributed by atoms with Crippen molar-refractivity contribution in [1.82, 2.24) is 0 Å². The lowest BCUT2D eigenvalue weighted by Gasteiger charge is -2.08. The van der Waals surface area contributed by atoms with Gasteiger partial charge in [0.25, 0.3) is 5.97 Å². The van der Waals surface area contributed by atoms with E-state index in [0.717, 1.165) is 30.6 Å². The first-order valence-electron chi connectivity index (χ1n) is 14.3. The Bertz CT molecular complexity index is 1210. The van der Waals surface area contributed by atoms with E-state index in [2.05, 4.69) is 33.8 Å². The van der Waals surface area contributed by atoms with Crippen LogP contribution in [-0.2, 0) is 11.3 Å². The van der Waals surface area contributed by atoms with Gasteiger partial charge in [-0.2, -0.15) is 10.5 Å². The molecule has 3 aromatic rings. The van der Waals surface area contributed by atoms with E-state index in [0.29, 0.717) is 48.6 Å². The number of nitrogens with zero attached hydrogens (tertiary/aromatic N) is 2. The van der Waals surface area contributed by atoms with E-state index in [1.165, 1.54) is 24.3 Å². The predicted molar refractivity (Wildman–Crippen MR) is 173 cm³/mol. The van der Waals surface area contributed by atoms with E-state index >= 15 is 0 Å². The Morgan fingerprint density at radius 1 is 0.750 bits per heavy atom. The number of aliphatic carboxylic acids is 1. The molecule has 0 atom stereocenters. The summed E-state index contributed by atoms with van der Waals surface area (Å²) in [5, 5.41) is 32.4. The standard InChI is InChI=1S/C11H17NO.C11H13NO.C7H4FN.C4H10O.C2H4O2/c2*1-9(2)8-13-11-5-3-10(7-12)4-6-11;8-7-3-1-6(5-9)2-4-7;1-4(2)3-5;1-2(3)4/h3-6,9H,7-8,12H2,1-2H3;3-6,9H,8H2,1-2H3;1-4H;4-5H,3H2,1-2H3;1H3,(H,3,4). The number of hydrogen-bond donors (Lipinski definition) is 3. The van der Waals surface area contributed by atoms with Crippen molar-refractivity contribution in [3.63, 3.8) is 0 Å². The van der Waals surface area contributed by atoms with Crippen LogP contribution in [0.1, 0.15) is 65.2 Å². The predicted octanol–water partition coefficient (Wildman–Crippen LogP) is 7.20. The molecular weight excluding hydrogens is 561 g/mol. The number of nitriles is 2. The molecule has 0 aliphatic rings. The summed E-state index contributed by atoms with van der Waals surface area (Å²) in [6.07, 6.45) is 0. The Kier molecular flexibility index (Phi) is 24.8. The third-order valence-electron chi connectivity index (χ3n) is 4.65. The van der Waals surface area contributed by atoms with E-state index < -0.39 is 5.97 Å². The largest absolute Gasteiger partial charge is 0.493 e. The summed E-state index contributed by atoms with van der Waals surface area (Å²) in [6, 6.07) is 24.4. The fourth-order valence-electron chi connectivity index (χ4n) is 2.40. The number of hydrogen-bond acceptors (Lipinski definition) is 7. The van der Waals surface area contributed by atoms with Gasteiger partial charge in [-0.1, -0.05) is 53.7 Å². The first-order valence-corrected chi connectivity index (χ1v) is 14.3. The van der Waals surface area contributed by atoms with Gasteiger partial charge in [0.1, 0.15) is 17.3 Å². The maximum absolute atomic E-state index is 12.1. The maximum atomic E-state index is 12.1. The van der Waals surface area contributed by atoms with Gasteiger partial charge in [0.15, 0.2) is 0 Å². The number of aliphatic hydroxyl groups is 1. The highest BCUT2D eigenvalue weighted by molar-refractivity contribution is 5.62. The number of carboxylic acids is 1. The third-order valence-corrected chi connectivity index (χ3v) is 4.65. The average molecular weight is 610 g/mol. The molecule has 0 aliphatic carbocycles. The summed E-state index contributed by atoms with van der Waals surface area (Å²) in [5.74, 6) is 2.13. The normalized spacial score (nSPS) is 9.34. The highest BCUT2D eigenvalue weighted by atomic mass is 19.1. The number of carboxylic acid groups (broad SMARTS) is 1. The Labute approximate surface area is 262 Å². The fourth-order valence-corrected chi connectivity index (χ4v) is 2.40. The highest BCUT2D eigenvalue weighted by Gasteiger charge is 1.97. The van der Waals surface area contributed by atoms with Crippen LogP contribution >= 0.6 is 0 Å². The van der Waals surface area contributed by atoms with Crippen LogP contribution in [0.3, 0.4) is 0 Å². The van der Waals surface area contributed by atoms with Gasteiger partial charge in [0.2, 0.25) is 0 Å². The van der Waals surface area contributed by atoms with Crippen LogP contribution in [0.5, 0.6) is 11.5 Å². The van der Waals surface area contributed by atoms with Crippen molar-refractivity contribution < 1.29 is 28.9 Å². The molecule has 0 saturated carbocycles. The Morgan fingerprint density at radius 3 is 1.34 bits per heavy atom. The quantitative estimate of drug-likeness (QED) is 0.243. The summed E-state index contributed by atoms with van der Waals surface area (Å²) in [4.78, 5) is 9.00. The van der Waals surface area contributed by atoms with E-state index in [1.54, 1.807) is 12.1 Å². The molecule has 4 N–H and O–H groups in total. The molecule has 44 heavy (non-hydrogen) atoms. The van der Waals surface area contributed by atoms with Gasteiger partial charge < -0.3 is 25.4 Å². The molecule has 0 saturated heterocycles. The molecule has 0 bridgehead atoms. The molecule has 8 nitrogen and oxygen atoms in total. The molecule has 0 amide bonds. The second-order valence-electron chi connectivity index (χ2n) is 10.6. The molecule has 3 rings (SSSR count). The van der Waals surface area contributed by atoms with Gasteiger partial charge in [0.05, 0.1) is 36.5 Å². The number of carbonyl (C=O) groups is 1. The topological polar surface area (TPSA) is 150 Å². The van der Waals surface area contributed by atoms with Crippen LogP contribution in [0.15, 0.2) is 72.8 Å². The van der Waals surface area contributed by atoms with Crippen molar-refractivity contribution in [3.8, 4) is 23.6 Å². The number of ether oxygens (including phenoxy) is 2. The zero-order chi connectivity index (χ0) is 33.9. The van der Waals surface area contributed by atoms with Crippen molar-refractivity contribution >= 4 is 5.97 Å². The van der Waals surface area contributed by atoms with Gasteiger partial charge in [-0.3, -0.25) is 4.79 Å². The monoisotopic (exact) mass is 609 g/mol. The first kappa shape index (κ1) is 41.7. The van der Waals surface area contributed by atoms with Crippen molar-refractivity contribution in [2.24, 2.45) is 23.5 Å². The minimum absolute atomic E-state index is 0.306. The minimum Gasteiger partial charge on any atom is -0.493 e. The fraction of sp³-hybridized carbons (Fsp3) is 0.400. The van der Waals surface area contributed by atoms with E-state index in [1.807, 2.05) is 56.3 Å².